The first-order valence-electron chi connectivity index (χ1n) is 9.79. The van der Waals surface area contributed by atoms with Crippen LogP contribution in [0.25, 0.3) is 11.3 Å². The molecule has 156 valence electrons. The van der Waals surface area contributed by atoms with Crippen molar-refractivity contribution in [3.8, 4) is 11.3 Å². The molecule has 31 heavy (non-hydrogen) atoms. The SMILES string of the molecule is Cc1c(NC(=O)CSC(c2ccccc2)c2ccc(Cl)cc2)n[nH]c1-c1ccncc1. The van der Waals surface area contributed by atoms with Crippen molar-refractivity contribution in [1.82, 2.24) is 15.2 Å². The molecule has 2 aromatic heterocycles. The number of amides is 1. The molecular formula is C24H21ClN4OS. The number of hydrogen-bond donors (Lipinski definition) is 2. The van der Waals surface area contributed by atoms with Crippen LogP contribution in [-0.2, 0) is 4.79 Å². The van der Waals surface area contributed by atoms with Crippen LogP contribution in [0, 0.1) is 6.92 Å². The van der Waals surface area contributed by atoms with E-state index in [1.807, 2.05) is 61.5 Å². The van der Waals surface area contributed by atoms with Gasteiger partial charge >= 0.3 is 0 Å². The molecule has 4 aromatic rings. The van der Waals surface area contributed by atoms with Gasteiger partial charge < -0.3 is 5.32 Å². The van der Waals surface area contributed by atoms with Gasteiger partial charge in [0.25, 0.3) is 0 Å². The van der Waals surface area contributed by atoms with Crippen LogP contribution in [0.4, 0.5) is 5.82 Å². The lowest BCUT2D eigenvalue weighted by Gasteiger charge is -2.17. The number of hydrogen-bond acceptors (Lipinski definition) is 4. The summed E-state index contributed by atoms with van der Waals surface area (Å²) in [4.78, 5) is 16.8. The Morgan fingerprint density at radius 3 is 2.42 bits per heavy atom. The van der Waals surface area contributed by atoms with E-state index in [0.717, 1.165) is 27.9 Å². The van der Waals surface area contributed by atoms with Gasteiger partial charge in [-0.15, -0.1) is 11.8 Å². The van der Waals surface area contributed by atoms with Crippen LogP contribution in [0.1, 0.15) is 21.9 Å². The quantitative estimate of drug-likeness (QED) is 0.369. The Labute approximate surface area is 190 Å². The van der Waals surface area contributed by atoms with Gasteiger partial charge in [-0.3, -0.25) is 14.9 Å². The van der Waals surface area contributed by atoms with Gasteiger partial charge in [-0.1, -0.05) is 54.1 Å². The maximum absolute atomic E-state index is 12.7. The van der Waals surface area contributed by atoms with Crippen LogP contribution in [0.3, 0.4) is 0 Å². The summed E-state index contributed by atoms with van der Waals surface area (Å²) in [5.74, 6) is 0.731. The van der Waals surface area contributed by atoms with Crippen molar-refractivity contribution in [3.63, 3.8) is 0 Å². The highest BCUT2D eigenvalue weighted by atomic mass is 35.5. The number of aromatic amines is 1. The third-order valence-electron chi connectivity index (χ3n) is 4.89. The number of thioether (sulfide) groups is 1. The number of pyridine rings is 1. The number of H-pyrrole nitrogens is 1. The number of carbonyl (C=O) groups excluding carboxylic acids is 1. The van der Waals surface area contributed by atoms with Gasteiger partial charge in [0.15, 0.2) is 5.82 Å². The second-order valence-electron chi connectivity index (χ2n) is 7.01. The molecule has 2 aromatic carbocycles. The second-order valence-corrected chi connectivity index (χ2v) is 8.54. The average Bonchev–Trinajstić information content (AvgIpc) is 3.16. The fourth-order valence-electron chi connectivity index (χ4n) is 3.30. The summed E-state index contributed by atoms with van der Waals surface area (Å²) in [6.07, 6.45) is 3.45. The van der Waals surface area contributed by atoms with E-state index in [9.17, 15) is 4.79 Å². The number of anilines is 1. The molecule has 2 heterocycles. The van der Waals surface area contributed by atoms with Gasteiger partial charge in [0.2, 0.25) is 5.91 Å². The Bertz CT molecular complexity index is 1150. The normalized spacial score (nSPS) is 11.8. The fourth-order valence-corrected chi connectivity index (χ4v) is 4.51. The number of rotatable bonds is 7. The number of aromatic nitrogens is 3. The highest BCUT2D eigenvalue weighted by molar-refractivity contribution is 8.00. The predicted octanol–water partition coefficient (Wildman–Crippen LogP) is 5.89. The maximum Gasteiger partial charge on any atom is 0.235 e. The first-order valence-corrected chi connectivity index (χ1v) is 11.2. The Balaban J connectivity index is 1.46. The summed E-state index contributed by atoms with van der Waals surface area (Å²) < 4.78 is 0. The monoisotopic (exact) mass is 448 g/mol. The summed E-state index contributed by atoms with van der Waals surface area (Å²) in [7, 11) is 0. The minimum Gasteiger partial charge on any atom is -0.308 e. The third-order valence-corrected chi connectivity index (χ3v) is 6.45. The van der Waals surface area contributed by atoms with Crippen LogP contribution in [0.15, 0.2) is 79.1 Å². The van der Waals surface area contributed by atoms with Gasteiger partial charge in [0.05, 0.1) is 16.7 Å². The number of nitrogens with zero attached hydrogens (tertiary/aromatic N) is 2. The molecular weight excluding hydrogens is 428 g/mol. The molecule has 5 nitrogen and oxygen atoms in total. The van der Waals surface area contributed by atoms with E-state index in [1.54, 1.807) is 24.2 Å². The van der Waals surface area contributed by atoms with Crippen molar-refractivity contribution < 1.29 is 4.79 Å². The summed E-state index contributed by atoms with van der Waals surface area (Å²) in [6.45, 7) is 1.93. The van der Waals surface area contributed by atoms with E-state index in [0.29, 0.717) is 16.6 Å². The van der Waals surface area contributed by atoms with E-state index in [2.05, 4.69) is 32.6 Å². The average molecular weight is 449 g/mol. The minimum absolute atomic E-state index is 0.0249. The first kappa shape index (κ1) is 21.2. The first-order chi connectivity index (χ1) is 15.1. The van der Waals surface area contributed by atoms with E-state index >= 15 is 0 Å². The molecule has 0 aliphatic heterocycles. The largest absolute Gasteiger partial charge is 0.308 e. The molecule has 0 aliphatic carbocycles. The predicted molar refractivity (Wildman–Crippen MR) is 127 cm³/mol. The van der Waals surface area contributed by atoms with Gasteiger partial charge in [0.1, 0.15) is 0 Å². The van der Waals surface area contributed by atoms with Crippen LogP contribution >= 0.6 is 23.4 Å². The molecule has 1 amide bonds. The Hall–Kier alpha value is -3.09. The molecule has 0 bridgehead atoms. The molecule has 0 saturated carbocycles. The maximum atomic E-state index is 12.7. The van der Waals surface area contributed by atoms with Gasteiger partial charge in [-0.25, -0.2) is 0 Å². The van der Waals surface area contributed by atoms with Crippen LogP contribution in [-0.4, -0.2) is 26.8 Å². The lowest BCUT2D eigenvalue weighted by Crippen LogP contribution is -2.16. The number of halogens is 1. The standard InChI is InChI=1S/C24H21ClN4OS/c1-16-22(17-11-13-26-14-12-17)28-29-24(16)27-21(30)15-31-23(18-5-3-2-4-6-18)19-7-9-20(25)10-8-19/h2-14,23H,15H2,1H3,(H2,27,28,29,30). The van der Waals surface area contributed by atoms with Crippen molar-refractivity contribution in [3.05, 3.63) is 101 Å². The lowest BCUT2D eigenvalue weighted by atomic mass is 10.0. The van der Waals surface area contributed by atoms with E-state index in [-0.39, 0.29) is 11.2 Å². The zero-order valence-electron chi connectivity index (χ0n) is 16.9. The van der Waals surface area contributed by atoms with Crippen molar-refractivity contribution in [1.29, 1.82) is 0 Å². The highest BCUT2D eigenvalue weighted by Crippen LogP contribution is 2.36. The van der Waals surface area contributed by atoms with Crippen molar-refractivity contribution >= 4 is 35.1 Å². The smallest absolute Gasteiger partial charge is 0.235 e. The summed E-state index contributed by atoms with van der Waals surface area (Å²) in [5.41, 5.74) is 4.97. The van der Waals surface area contributed by atoms with Crippen LogP contribution in [0.2, 0.25) is 5.02 Å². The van der Waals surface area contributed by atoms with Crippen LogP contribution < -0.4 is 5.32 Å². The molecule has 1 unspecified atom stereocenters. The van der Waals surface area contributed by atoms with E-state index in [1.165, 1.54) is 0 Å². The topological polar surface area (TPSA) is 70.7 Å². The lowest BCUT2D eigenvalue weighted by molar-refractivity contribution is -0.113. The van der Waals surface area contributed by atoms with Gasteiger partial charge in [-0.2, -0.15) is 5.10 Å². The molecule has 0 saturated heterocycles. The highest BCUT2D eigenvalue weighted by Gasteiger charge is 2.18. The molecule has 0 aliphatic rings. The van der Waals surface area contributed by atoms with E-state index < -0.39 is 0 Å². The molecule has 0 radical (unpaired) electrons. The zero-order chi connectivity index (χ0) is 21.6. The van der Waals surface area contributed by atoms with Gasteiger partial charge in [-0.05, 0) is 42.3 Å². The second kappa shape index (κ2) is 9.81. The van der Waals surface area contributed by atoms with Crippen molar-refractivity contribution in [2.24, 2.45) is 0 Å². The molecule has 1 atom stereocenters. The van der Waals surface area contributed by atoms with Crippen molar-refractivity contribution in [2.45, 2.75) is 12.2 Å². The van der Waals surface area contributed by atoms with Gasteiger partial charge in [0, 0.05) is 28.5 Å². The van der Waals surface area contributed by atoms with Crippen molar-refractivity contribution in [2.75, 3.05) is 11.1 Å². The zero-order valence-corrected chi connectivity index (χ0v) is 18.5. The molecule has 4 rings (SSSR count). The third kappa shape index (κ3) is 5.16. The summed E-state index contributed by atoms with van der Waals surface area (Å²) >= 11 is 7.63. The molecule has 2 N–H and O–H groups in total. The fraction of sp³-hybridized carbons (Fsp3) is 0.125. The Morgan fingerprint density at radius 2 is 1.71 bits per heavy atom. The number of nitrogens with one attached hydrogen (secondary N) is 2. The summed E-state index contributed by atoms with van der Waals surface area (Å²) in [5, 5.41) is 10.9. The number of carbonyl (C=O) groups is 1. The number of benzene rings is 2. The molecule has 0 spiro atoms. The minimum atomic E-state index is -0.101. The van der Waals surface area contributed by atoms with Crippen LogP contribution in [0.5, 0.6) is 0 Å². The van der Waals surface area contributed by atoms with E-state index in [4.69, 9.17) is 11.6 Å². The summed E-state index contributed by atoms with van der Waals surface area (Å²) in [6, 6.07) is 21.7. The molecule has 0 fully saturated rings. The Kier molecular flexibility index (Phi) is 6.70. The Morgan fingerprint density at radius 1 is 1.03 bits per heavy atom. The molecule has 7 heteroatoms.